The molecule has 0 spiro atoms. The first-order valence-electron chi connectivity index (χ1n) is 6.88. The van der Waals surface area contributed by atoms with Gasteiger partial charge in [-0.25, -0.2) is 0 Å². The lowest BCUT2D eigenvalue weighted by atomic mass is 10.1. The second-order valence-corrected chi connectivity index (χ2v) is 6.20. The highest BCUT2D eigenvalue weighted by molar-refractivity contribution is 9.10. The number of anilines is 1. The van der Waals surface area contributed by atoms with Gasteiger partial charge in [0.1, 0.15) is 5.75 Å². The number of amides is 1. The number of fused-ring (bicyclic) bond motifs is 1. The van der Waals surface area contributed by atoms with Gasteiger partial charge >= 0.3 is 0 Å². The lowest BCUT2D eigenvalue weighted by molar-refractivity contribution is -0.125. The average molecular weight is 346 g/mol. The summed E-state index contributed by atoms with van der Waals surface area (Å²) in [5, 5.41) is 0. The Labute approximate surface area is 132 Å². The summed E-state index contributed by atoms with van der Waals surface area (Å²) < 4.78 is 6.72. The summed E-state index contributed by atoms with van der Waals surface area (Å²) in [6.45, 7) is 4.36. The summed E-state index contributed by atoms with van der Waals surface area (Å²) in [6, 6.07) is 13.9. The summed E-state index contributed by atoms with van der Waals surface area (Å²) in [4.78, 5) is 14.3. The fourth-order valence-corrected chi connectivity index (χ4v) is 2.72. The van der Waals surface area contributed by atoms with Crippen molar-refractivity contribution in [1.29, 1.82) is 0 Å². The van der Waals surface area contributed by atoms with Gasteiger partial charge in [0.25, 0.3) is 5.91 Å². The van der Waals surface area contributed by atoms with Gasteiger partial charge in [0.15, 0.2) is 6.10 Å². The van der Waals surface area contributed by atoms with Crippen LogP contribution < -0.4 is 9.64 Å². The number of carbonyl (C=O) groups excluding carboxylic acids is 1. The van der Waals surface area contributed by atoms with Crippen molar-refractivity contribution >= 4 is 27.5 Å². The molecule has 0 saturated heterocycles. The van der Waals surface area contributed by atoms with Crippen LogP contribution in [0, 0.1) is 6.92 Å². The third-order valence-corrected chi connectivity index (χ3v) is 4.11. The van der Waals surface area contributed by atoms with Crippen molar-refractivity contribution in [1.82, 2.24) is 0 Å². The van der Waals surface area contributed by atoms with Gasteiger partial charge in [-0.15, -0.1) is 0 Å². The van der Waals surface area contributed by atoms with Crippen LogP contribution in [0.1, 0.15) is 18.1 Å². The fraction of sp³-hybridized carbons (Fsp3) is 0.235. The first-order valence-corrected chi connectivity index (χ1v) is 7.67. The fourth-order valence-electron chi connectivity index (χ4n) is 2.45. The van der Waals surface area contributed by atoms with Gasteiger partial charge in [-0.3, -0.25) is 4.79 Å². The standard InChI is InChI=1S/C17H16BrNO2/c1-11-3-8-16-15(9-11)19(17(20)12(2)21-16)10-13-4-6-14(18)7-5-13/h3-9,12H,10H2,1-2H3. The average Bonchev–Trinajstić information content (AvgIpc) is 2.47. The van der Waals surface area contributed by atoms with Gasteiger partial charge in [0.2, 0.25) is 0 Å². The van der Waals surface area contributed by atoms with Crippen LogP contribution in [0.3, 0.4) is 0 Å². The van der Waals surface area contributed by atoms with E-state index in [1.807, 2.05) is 49.4 Å². The first kappa shape index (κ1) is 14.1. The van der Waals surface area contributed by atoms with Crippen LogP contribution in [0.15, 0.2) is 46.9 Å². The van der Waals surface area contributed by atoms with E-state index in [0.29, 0.717) is 6.54 Å². The van der Waals surface area contributed by atoms with Crippen LogP contribution in [0.2, 0.25) is 0 Å². The van der Waals surface area contributed by atoms with E-state index in [1.165, 1.54) is 0 Å². The summed E-state index contributed by atoms with van der Waals surface area (Å²) in [6.07, 6.45) is -0.448. The van der Waals surface area contributed by atoms with Crippen molar-refractivity contribution in [2.75, 3.05) is 4.90 Å². The summed E-state index contributed by atoms with van der Waals surface area (Å²) >= 11 is 3.43. The smallest absolute Gasteiger partial charge is 0.268 e. The number of nitrogens with zero attached hydrogens (tertiary/aromatic N) is 1. The Hall–Kier alpha value is -1.81. The highest BCUT2D eigenvalue weighted by atomic mass is 79.9. The van der Waals surface area contributed by atoms with E-state index in [0.717, 1.165) is 27.0 Å². The maximum absolute atomic E-state index is 12.5. The van der Waals surface area contributed by atoms with Crippen LogP contribution in [0.25, 0.3) is 0 Å². The molecule has 108 valence electrons. The zero-order chi connectivity index (χ0) is 15.0. The molecule has 2 aromatic carbocycles. The molecule has 0 bridgehead atoms. The molecule has 0 radical (unpaired) electrons. The number of halogens is 1. The quantitative estimate of drug-likeness (QED) is 0.820. The van der Waals surface area contributed by atoms with Crippen molar-refractivity contribution in [3.63, 3.8) is 0 Å². The van der Waals surface area contributed by atoms with Gasteiger partial charge < -0.3 is 9.64 Å². The van der Waals surface area contributed by atoms with Gasteiger partial charge in [-0.1, -0.05) is 34.1 Å². The molecule has 0 N–H and O–H groups in total. The Balaban J connectivity index is 1.98. The van der Waals surface area contributed by atoms with Crippen LogP contribution in [0.5, 0.6) is 5.75 Å². The molecule has 0 fully saturated rings. The molecular formula is C17H16BrNO2. The Bertz CT molecular complexity index is 682. The highest BCUT2D eigenvalue weighted by Crippen LogP contribution is 2.35. The Morgan fingerprint density at radius 2 is 1.90 bits per heavy atom. The largest absolute Gasteiger partial charge is 0.479 e. The SMILES string of the molecule is Cc1ccc2c(c1)N(Cc1ccc(Br)cc1)C(=O)C(C)O2. The third-order valence-electron chi connectivity index (χ3n) is 3.58. The maximum Gasteiger partial charge on any atom is 0.268 e. The number of aryl methyl sites for hydroxylation is 1. The van der Waals surface area contributed by atoms with Crippen molar-refractivity contribution in [3.8, 4) is 5.75 Å². The summed E-state index contributed by atoms with van der Waals surface area (Å²) in [7, 11) is 0. The predicted octanol–water partition coefficient (Wildman–Crippen LogP) is 4.07. The molecule has 0 aromatic heterocycles. The normalized spacial score (nSPS) is 17.4. The Morgan fingerprint density at radius 3 is 2.62 bits per heavy atom. The molecule has 1 aliphatic rings. The highest BCUT2D eigenvalue weighted by Gasteiger charge is 2.31. The molecule has 0 saturated carbocycles. The second kappa shape index (κ2) is 5.53. The van der Waals surface area contributed by atoms with E-state index < -0.39 is 6.10 Å². The van der Waals surface area contributed by atoms with E-state index in [2.05, 4.69) is 15.9 Å². The van der Waals surface area contributed by atoms with Crippen molar-refractivity contribution in [2.24, 2.45) is 0 Å². The van der Waals surface area contributed by atoms with E-state index in [1.54, 1.807) is 11.8 Å². The van der Waals surface area contributed by atoms with Crippen molar-refractivity contribution in [3.05, 3.63) is 58.1 Å². The van der Waals surface area contributed by atoms with Crippen LogP contribution in [-0.2, 0) is 11.3 Å². The Kier molecular flexibility index (Phi) is 3.72. The van der Waals surface area contributed by atoms with Gasteiger partial charge in [0, 0.05) is 4.47 Å². The molecule has 1 aliphatic heterocycles. The molecule has 21 heavy (non-hydrogen) atoms. The molecule has 1 amide bonds. The first-order chi connectivity index (χ1) is 10.0. The number of carbonyl (C=O) groups is 1. The maximum atomic E-state index is 12.5. The molecule has 1 heterocycles. The van der Waals surface area contributed by atoms with Crippen molar-refractivity contribution in [2.45, 2.75) is 26.5 Å². The lowest BCUT2D eigenvalue weighted by Gasteiger charge is -2.33. The summed E-state index contributed by atoms with van der Waals surface area (Å²) in [5.41, 5.74) is 3.05. The topological polar surface area (TPSA) is 29.5 Å². The monoisotopic (exact) mass is 345 g/mol. The zero-order valence-corrected chi connectivity index (χ0v) is 13.6. The van der Waals surface area contributed by atoms with Gasteiger partial charge in [-0.2, -0.15) is 0 Å². The van der Waals surface area contributed by atoms with E-state index in [9.17, 15) is 4.79 Å². The predicted molar refractivity (Wildman–Crippen MR) is 86.6 cm³/mol. The molecular weight excluding hydrogens is 330 g/mol. The number of hydrogen-bond donors (Lipinski definition) is 0. The zero-order valence-electron chi connectivity index (χ0n) is 12.0. The number of benzene rings is 2. The van der Waals surface area contributed by atoms with Crippen LogP contribution in [0.4, 0.5) is 5.69 Å². The van der Waals surface area contributed by atoms with Crippen LogP contribution >= 0.6 is 15.9 Å². The van der Waals surface area contributed by atoms with Gasteiger partial charge in [0.05, 0.1) is 12.2 Å². The van der Waals surface area contributed by atoms with Crippen LogP contribution in [-0.4, -0.2) is 12.0 Å². The number of rotatable bonds is 2. The molecule has 1 atom stereocenters. The minimum atomic E-state index is -0.448. The van der Waals surface area contributed by atoms with E-state index in [4.69, 9.17) is 4.74 Å². The molecule has 2 aromatic rings. The van der Waals surface area contributed by atoms with E-state index in [-0.39, 0.29) is 5.91 Å². The molecule has 3 nitrogen and oxygen atoms in total. The van der Waals surface area contributed by atoms with Crippen molar-refractivity contribution < 1.29 is 9.53 Å². The van der Waals surface area contributed by atoms with Gasteiger partial charge in [-0.05, 0) is 49.2 Å². The molecule has 1 unspecified atom stereocenters. The molecule has 4 heteroatoms. The lowest BCUT2D eigenvalue weighted by Crippen LogP contribution is -2.44. The molecule has 0 aliphatic carbocycles. The molecule has 3 rings (SSSR count). The second-order valence-electron chi connectivity index (χ2n) is 5.28. The number of ether oxygens (including phenoxy) is 1. The minimum absolute atomic E-state index is 0.00369. The van der Waals surface area contributed by atoms with E-state index >= 15 is 0 Å². The minimum Gasteiger partial charge on any atom is -0.479 e. The summed E-state index contributed by atoms with van der Waals surface area (Å²) in [5.74, 6) is 0.765. The Morgan fingerprint density at radius 1 is 1.19 bits per heavy atom. The number of hydrogen-bond acceptors (Lipinski definition) is 2. The third kappa shape index (κ3) is 2.81.